The van der Waals surface area contributed by atoms with Crippen LogP contribution >= 0.6 is 0 Å². The van der Waals surface area contributed by atoms with Crippen LogP contribution in [0, 0.1) is 35.5 Å². The zero-order valence-electron chi connectivity index (χ0n) is 16.9. The van der Waals surface area contributed by atoms with Crippen molar-refractivity contribution in [3.05, 3.63) is 11.6 Å². The monoisotopic (exact) mass is 376 g/mol. The number of hydrogen-bond acceptors (Lipinski definition) is 3. The summed E-state index contributed by atoms with van der Waals surface area (Å²) in [4.78, 5) is 10.7. The molecule has 0 radical (unpaired) electrons. The highest BCUT2D eigenvalue weighted by atomic mass is 16.4. The lowest BCUT2D eigenvalue weighted by Gasteiger charge is -2.53. The van der Waals surface area contributed by atoms with Crippen molar-refractivity contribution in [3.8, 4) is 11.8 Å². The van der Waals surface area contributed by atoms with E-state index >= 15 is 0 Å². The van der Waals surface area contributed by atoms with Crippen molar-refractivity contribution >= 4 is 5.97 Å². The molecule has 0 heterocycles. The van der Waals surface area contributed by atoms with E-state index in [0.717, 1.165) is 25.7 Å². The molecule has 0 spiro atoms. The Balaban J connectivity index is 1.89. The highest BCUT2D eigenvalue weighted by Gasteiger charge is 2.50. The molecule has 152 valence electrons. The zero-order valence-corrected chi connectivity index (χ0v) is 16.9. The normalized spacial score (nSPS) is 32.1. The van der Waals surface area contributed by atoms with Crippen molar-refractivity contribution in [1.29, 1.82) is 0 Å². The number of rotatable bonds is 9. The first-order chi connectivity index (χ1) is 13.0. The number of unbranched alkanes of at least 4 members (excludes halogenated alkanes) is 4. The van der Waals surface area contributed by atoms with E-state index in [0.29, 0.717) is 30.6 Å². The molecule has 2 fully saturated rings. The van der Waals surface area contributed by atoms with Gasteiger partial charge in [-0.25, -0.2) is 0 Å². The zero-order chi connectivity index (χ0) is 19.8. The molecular formula is C23H36O4. The summed E-state index contributed by atoms with van der Waals surface area (Å²) in [5.41, 5.74) is 1.34. The van der Waals surface area contributed by atoms with Gasteiger partial charge in [-0.15, -0.1) is 0 Å². The van der Waals surface area contributed by atoms with Crippen LogP contribution in [0.15, 0.2) is 11.6 Å². The van der Waals surface area contributed by atoms with Gasteiger partial charge in [0.2, 0.25) is 0 Å². The molecule has 2 aliphatic carbocycles. The van der Waals surface area contributed by atoms with Gasteiger partial charge in [0.15, 0.2) is 0 Å². The second-order valence-electron chi connectivity index (χ2n) is 8.29. The maximum absolute atomic E-state index is 10.7. The fraction of sp³-hybridized carbons (Fsp3) is 0.783. The van der Waals surface area contributed by atoms with Crippen LogP contribution in [0.5, 0.6) is 0 Å². The molecule has 2 aliphatic rings. The number of aliphatic carboxylic acids is 1. The van der Waals surface area contributed by atoms with Gasteiger partial charge < -0.3 is 15.3 Å². The van der Waals surface area contributed by atoms with Crippen LogP contribution in [-0.2, 0) is 4.79 Å². The predicted octanol–water partition coefficient (Wildman–Crippen LogP) is 4.16. The van der Waals surface area contributed by atoms with Gasteiger partial charge in [0, 0.05) is 6.42 Å². The van der Waals surface area contributed by atoms with Crippen LogP contribution in [0.1, 0.15) is 78.1 Å². The maximum atomic E-state index is 10.7. The molecule has 4 heteroatoms. The van der Waals surface area contributed by atoms with Gasteiger partial charge >= 0.3 is 5.97 Å². The number of allylic oxidation sites excluding steroid dienone is 2. The highest BCUT2D eigenvalue weighted by Crippen LogP contribution is 2.55. The molecule has 0 saturated heterocycles. The van der Waals surface area contributed by atoms with Crippen LogP contribution < -0.4 is 0 Å². The molecule has 0 aromatic heterocycles. The smallest absolute Gasteiger partial charge is 0.303 e. The lowest BCUT2D eigenvalue weighted by Crippen LogP contribution is -2.50. The number of carboxylic acids is 1. The molecule has 3 N–H and O–H groups in total. The van der Waals surface area contributed by atoms with Crippen molar-refractivity contribution in [2.45, 2.75) is 90.3 Å². The first kappa shape index (κ1) is 22.0. The number of fused-ring (bicyclic) bond motifs is 1. The average Bonchev–Trinajstić information content (AvgIpc) is 2.63. The average molecular weight is 377 g/mol. The Morgan fingerprint density at radius 1 is 1.26 bits per heavy atom. The summed E-state index contributed by atoms with van der Waals surface area (Å²) in [5.74, 6) is 6.45. The number of carbonyl (C=O) groups is 1. The third kappa shape index (κ3) is 6.09. The van der Waals surface area contributed by atoms with Gasteiger partial charge in [-0.2, -0.15) is 0 Å². The first-order valence-electron chi connectivity index (χ1n) is 10.7. The van der Waals surface area contributed by atoms with E-state index in [1.54, 1.807) is 0 Å². The Hall–Kier alpha value is -1.31. The van der Waals surface area contributed by atoms with Gasteiger partial charge in [-0.1, -0.05) is 63.0 Å². The molecule has 27 heavy (non-hydrogen) atoms. The standard InChI is InChI=1S/C23H36O4/c1-3-4-5-6-7-9-17(24)12-13-20-21(25)15-14-19-18(16(2)23(19)20)10-8-11-22(26)27/h10,16-17,19-21,23-25H,3-9,11,14-15H2,1-2H3,(H,26,27)/t16?,17?,19-,20+,21-,23+/m1/s1. The number of aliphatic hydroxyl groups excluding tert-OH is 2. The largest absolute Gasteiger partial charge is 0.481 e. The highest BCUT2D eigenvalue weighted by molar-refractivity contribution is 5.66. The van der Waals surface area contributed by atoms with Gasteiger partial charge in [-0.3, -0.25) is 4.79 Å². The number of hydrogen-bond donors (Lipinski definition) is 3. The molecule has 6 atom stereocenters. The number of aliphatic hydroxyl groups is 2. The Labute approximate surface area is 164 Å². The summed E-state index contributed by atoms with van der Waals surface area (Å²) in [7, 11) is 0. The van der Waals surface area contributed by atoms with Crippen molar-refractivity contribution < 1.29 is 20.1 Å². The Bertz CT molecular complexity index is 571. The third-order valence-corrected chi connectivity index (χ3v) is 6.33. The molecule has 2 rings (SSSR count). The van der Waals surface area contributed by atoms with Gasteiger partial charge in [0.1, 0.15) is 6.10 Å². The van der Waals surface area contributed by atoms with Gasteiger partial charge in [0.25, 0.3) is 0 Å². The second kappa shape index (κ2) is 10.9. The summed E-state index contributed by atoms with van der Waals surface area (Å²) in [6.45, 7) is 4.35. The predicted molar refractivity (Wildman–Crippen MR) is 107 cm³/mol. The summed E-state index contributed by atoms with van der Waals surface area (Å²) >= 11 is 0. The van der Waals surface area contributed by atoms with Crippen molar-refractivity contribution in [2.24, 2.45) is 23.7 Å². The van der Waals surface area contributed by atoms with Crippen molar-refractivity contribution in [1.82, 2.24) is 0 Å². The quantitative estimate of drug-likeness (QED) is 0.321. The van der Waals surface area contributed by atoms with Gasteiger partial charge in [-0.05, 0) is 49.9 Å². The first-order valence-corrected chi connectivity index (χ1v) is 10.7. The lowest BCUT2D eigenvalue weighted by molar-refractivity contribution is -0.136. The summed E-state index contributed by atoms with van der Waals surface area (Å²) in [5, 5.41) is 29.4. The van der Waals surface area contributed by atoms with Crippen molar-refractivity contribution in [3.63, 3.8) is 0 Å². The molecule has 0 bridgehead atoms. The Morgan fingerprint density at radius 3 is 2.70 bits per heavy atom. The maximum Gasteiger partial charge on any atom is 0.303 e. The third-order valence-electron chi connectivity index (χ3n) is 6.33. The van der Waals surface area contributed by atoms with E-state index in [1.165, 1.54) is 24.8 Å². The van der Waals surface area contributed by atoms with Crippen LogP contribution in [0.2, 0.25) is 0 Å². The van der Waals surface area contributed by atoms with Crippen molar-refractivity contribution in [2.75, 3.05) is 0 Å². The van der Waals surface area contributed by atoms with Crippen LogP contribution in [-0.4, -0.2) is 33.5 Å². The molecule has 2 unspecified atom stereocenters. The van der Waals surface area contributed by atoms with E-state index in [2.05, 4.69) is 31.8 Å². The number of carboxylic acid groups (broad SMARTS) is 1. The minimum Gasteiger partial charge on any atom is -0.481 e. The molecule has 2 saturated carbocycles. The SMILES string of the molecule is CCCCCCCC(O)C#C[C@@H]1[C@H]2C(C)C(=CCCC(=O)O)[C@H]2CC[C@H]1O. The fourth-order valence-electron chi connectivity index (χ4n) is 4.82. The fourth-order valence-corrected chi connectivity index (χ4v) is 4.82. The second-order valence-corrected chi connectivity index (χ2v) is 8.29. The lowest BCUT2D eigenvalue weighted by atomic mass is 9.51. The molecular weight excluding hydrogens is 340 g/mol. The molecule has 0 aliphatic heterocycles. The van der Waals surface area contributed by atoms with E-state index in [9.17, 15) is 15.0 Å². The minimum atomic E-state index is -0.762. The van der Waals surface area contributed by atoms with E-state index in [-0.39, 0.29) is 12.3 Å². The van der Waals surface area contributed by atoms with E-state index in [4.69, 9.17) is 5.11 Å². The molecule has 0 amide bonds. The topological polar surface area (TPSA) is 77.8 Å². The molecule has 4 nitrogen and oxygen atoms in total. The Morgan fingerprint density at radius 2 is 2.00 bits per heavy atom. The summed E-state index contributed by atoms with van der Waals surface area (Å²) in [6, 6.07) is 0. The molecule has 0 aromatic carbocycles. The summed E-state index contributed by atoms with van der Waals surface area (Å²) in [6.07, 6.45) is 10.1. The van der Waals surface area contributed by atoms with Crippen LogP contribution in [0.4, 0.5) is 0 Å². The van der Waals surface area contributed by atoms with Crippen LogP contribution in [0.3, 0.4) is 0 Å². The van der Waals surface area contributed by atoms with E-state index < -0.39 is 18.2 Å². The Kier molecular flexibility index (Phi) is 8.86. The van der Waals surface area contributed by atoms with Gasteiger partial charge in [0.05, 0.1) is 12.0 Å². The van der Waals surface area contributed by atoms with Crippen LogP contribution in [0.25, 0.3) is 0 Å². The minimum absolute atomic E-state index is 0.0786. The van der Waals surface area contributed by atoms with E-state index in [1.807, 2.05) is 0 Å². The molecule has 0 aromatic rings. The summed E-state index contributed by atoms with van der Waals surface area (Å²) < 4.78 is 0.